The van der Waals surface area contributed by atoms with Crippen molar-refractivity contribution in [3.8, 4) is 5.69 Å². The van der Waals surface area contributed by atoms with Gasteiger partial charge in [-0.2, -0.15) is 0 Å². The average molecular weight is 292 g/mol. The van der Waals surface area contributed by atoms with Crippen LogP contribution in [-0.2, 0) is 6.42 Å². The minimum absolute atomic E-state index is 0.0116. The Morgan fingerprint density at radius 3 is 2.32 bits per heavy atom. The van der Waals surface area contributed by atoms with Crippen molar-refractivity contribution in [3.63, 3.8) is 0 Å². The Hall–Kier alpha value is -2.42. The molecule has 22 heavy (non-hydrogen) atoms. The zero-order valence-electron chi connectivity index (χ0n) is 13.5. The van der Waals surface area contributed by atoms with E-state index in [1.165, 1.54) is 5.56 Å². The molecule has 1 aromatic heterocycles. The highest BCUT2D eigenvalue weighted by atomic mass is 16.1. The number of nitrogens with zero attached hydrogens (tertiary/aromatic N) is 2. The summed E-state index contributed by atoms with van der Waals surface area (Å²) in [6.45, 7) is 8.21. The standard InChI is InChI=1S/C19H20N2O/c1-5-17-20-16-9-7-6-8-15(16)19(22)21(17)18-13(3)10-12(2)11-14(18)4/h6-11H,5H2,1-4H3. The second-order valence-corrected chi connectivity index (χ2v) is 5.79. The molecule has 0 N–H and O–H groups in total. The Bertz CT molecular complexity index is 899. The summed E-state index contributed by atoms with van der Waals surface area (Å²) in [5.74, 6) is 0.804. The van der Waals surface area contributed by atoms with Crippen molar-refractivity contribution in [1.29, 1.82) is 0 Å². The molecule has 1 heterocycles. The van der Waals surface area contributed by atoms with Crippen molar-refractivity contribution >= 4 is 10.9 Å². The second kappa shape index (κ2) is 5.41. The molecule has 3 rings (SSSR count). The Balaban J connectivity index is 2.46. The molecule has 3 nitrogen and oxygen atoms in total. The molecule has 0 unspecified atom stereocenters. The maximum Gasteiger partial charge on any atom is 0.265 e. The molecule has 0 bridgehead atoms. The molecular weight excluding hydrogens is 272 g/mol. The highest BCUT2D eigenvalue weighted by molar-refractivity contribution is 5.78. The highest BCUT2D eigenvalue weighted by Gasteiger charge is 2.15. The normalized spacial score (nSPS) is 11.1. The first-order valence-corrected chi connectivity index (χ1v) is 7.61. The third-order valence-corrected chi connectivity index (χ3v) is 4.02. The van der Waals surface area contributed by atoms with E-state index in [2.05, 4.69) is 32.9 Å². The van der Waals surface area contributed by atoms with Crippen LogP contribution >= 0.6 is 0 Å². The van der Waals surface area contributed by atoms with E-state index in [9.17, 15) is 4.79 Å². The van der Waals surface area contributed by atoms with Crippen LogP contribution in [0.3, 0.4) is 0 Å². The van der Waals surface area contributed by atoms with E-state index >= 15 is 0 Å². The largest absolute Gasteiger partial charge is 0.268 e. The number of rotatable bonds is 2. The van der Waals surface area contributed by atoms with Crippen LogP contribution in [0.1, 0.15) is 29.4 Å². The van der Waals surface area contributed by atoms with Gasteiger partial charge in [0.25, 0.3) is 5.56 Å². The Kier molecular flexibility index (Phi) is 3.57. The van der Waals surface area contributed by atoms with Gasteiger partial charge in [0, 0.05) is 6.42 Å². The third kappa shape index (κ3) is 2.23. The quantitative estimate of drug-likeness (QED) is 0.718. The van der Waals surface area contributed by atoms with Gasteiger partial charge in [0.15, 0.2) is 0 Å². The molecule has 112 valence electrons. The summed E-state index contributed by atoms with van der Waals surface area (Å²) in [4.78, 5) is 17.7. The lowest BCUT2D eigenvalue weighted by atomic mass is 10.0. The predicted octanol–water partition coefficient (Wildman–Crippen LogP) is 3.87. The molecule has 0 amide bonds. The minimum atomic E-state index is 0.0116. The molecule has 0 saturated heterocycles. The van der Waals surface area contributed by atoms with Gasteiger partial charge in [0.05, 0.1) is 16.6 Å². The van der Waals surface area contributed by atoms with Crippen LogP contribution in [0.5, 0.6) is 0 Å². The molecule has 0 aliphatic rings. The summed E-state index contributed by atoms with van der Waals surface area (Å²) in [5.41, 5.74) is 5.16. The van der Waals surface area contributed by atoms with Crippen molar-refractivity contribution in [2.24, 2.45) is 0 Å². The lowest BCUT2D eigenvalue weighted by Gasteiger charge is -2.17. The number of fused-ring (bicyclic) bond motifs is 1. The van der Waals surface area contributed by atoms with Crippen molar-refractivity contribution in [2.75, 3.05) is 0 Å². The number of aromatic nitrogens is 2. The van der Waals surface area contributed by atoms with Crippen LogP contribution in [-0.4, -0.2) is 9.55 Å². The monoisotopic (exact) mass is 292 g/mol. The summed E-state index contributed by atoms with van der Waals surface area (Å²) >= 11 is 0. The molecule has 0 radical (unpaired) electrons. The first kappa shape index (κ1) is 14.5. The molecule has 0 atom stereocenters. The molecule has 3 aromatic rings. The van der Waals surface area contributed by atoms with Crippen LogP contribution in [0.2, 0.25) is 0 Å². The van der Waals surface area contributed by atoms with Crippen molar-refractivity contribution in [2.45, 2.75) is 34.1 Å². The lowest BCUT2D eigenvalue weighted by molar-refractivity contribution is 0.823. The van der Waals surface area contributed by atoms with E-state index in [1.807, 2.05) is 31.2 Å². The summed E-state index contributed by atoms with van der Waals surface area (Å²) in [6.07, 6.45) is 0.715. The molecule has 3 heteroatoms. The fourth-order valence-corrected chi connectivity index (χ4v) is 3.17. The van der Waals surface area contributed by atoms with E-state index in [-0.39, 0.29) is 5.56 Å². The summed E-state index contributed by atoms with van der Waals surface area (Å²) in [6, 6.07) is 11.8. The van der Waals surface area contributed by atoms with Gasteiger partial charge in [-0.1, -0.05) is 36.8 Å². The van der Waals surface area contributed by atoms with E-state index in [4.69, 9.17) is 4.98 Å². The van der Waals surface area contributed by atoms with E-state index in [1.54, 1.807) is 4.57 Å². The van der Waals surface area contributed by atoms with Crippen LogP contribution in [0.15, 0.2) is 41.2 Å². The summed E-state index contributed by atoms with van der Waals surface area (Å²) in [5, 5.41) is 0.666. The van der Waals surface area contributed by atoms with Crippen molar-refractivity contribution in [1.82, 2.24) is 9.55 Å². The molecular formula is C19H20N2O. The second-order valence-electron chi connectivity index (χ2n) is 5.79. The fourth-order valence-electron chi connectivity index (χ4n) is 3.17. The third-order valence-electron chi connectivity index (χ3n) is 4.02. The summed E-state index contributed by atoms with van der Waals surface area (Å²) in [7, 11) is 0. The lowest BCUT2D eigenvalue weighted by Crippen LogP contribution is -2.25. The van der Waals surface area contributed by atoms with E-state index in [0.29, 0.717) is 11.8 Å². The van der Waals surface area contributed by atoms with Crippen LogP contribution in [0.25, 0.3) is 16.6 Å². The smallest absolute Gasteiger partial charge is 0.265 e. The molecule has 0 fully saturated rings. The SMILES string of the molecule is CCc1nc2ccccc2c(=O)n1-c1c(C)cc(C)cc1C. The minimum Gasteiger partial charge on any atom is -0.268 e. The van der Waals surface area contributed by atoms with Gasteiger partial charge in [-0.15, -0.1) is 0 Å². The maximum absolute atomic E-state index is 13.0. The van der Waals surface area contributed by atoms with Gasteiger partial charge >= 0.3 is 0 Å². The Labute approximate surface area is 130 Å². The zero-order chi connectivity index (χ0) is 15.9. The van der Waals surface area contributed by atoms with Crippen LogP contribution in [0.4, 0.5) is 0 Å². The molecule has 2 aromatic carbocycles. The fraction of sp³-hybridized carbons (Fsp3) is 0.263. The van der Waals surface area contributed by atoms with E-state index in [0.717, 1.165) is 28.2 Å². The molecule has 0 saturated carbocycles. The molecule has 0 spiro atoms. The number of para-hydroxylation sites is 1. The maximum atomic E-state index is 13.0. The first-order chi connectivity index (χ1) is 10.5. The van der Waals surface area contributed by atoms with Gasteiger partial charge in [-0.05, 0) is 44.0 Å². The number of benzene rings is 2. The number of aryl methyl sites for hydroxylation is 4. The van der Waals surface area contributed by atoms with Gasteiger partial charge in [0.2, 0.25) is 0 Å². The van der Waals surface area contributed by atoms with Crippen molar-refractivity contribution < 1.29 is 0 Å². The van der Waals surface area contributed by atoms with Crippen molar-refractivity contribution in [3.05, 3.63) is 69.3 Å². The van der Waals surface area contributed by atoms with E-state index < -0.39 is 0 Å². The summed E-state index contributed by atoms with van der Waals surface area (Å²) < 4.78 is 1.78. The van der Waals surface area contributed by atoms with Crippen LogP contribution in [0, 0.1) is 20.8 Å². The van der Waals surface area contributed by atoms with Gasteiger partial charge in [-0.25, -0.2) is 4.98 Å². The Morgan fingerprint density at radius 1 is 1.05 bits per heavy atom. The highest BCUT2D eigenvalue weighted by Crippen LogP contribution is 2.22. The first-order valence-electron chi connectivity index (χ1n) is 7.61. The van der Waals surface area contributed by atoms with Crippen LogP contribution < -0.4 is 5.56 Å². The predicted molar refractivity (Wildman–Crippen MR) is 90.9 cm³/mol. The topological polar surface area (TPSA) is 34.9 Å². The number of hydrogen-bond acceptors (Lipinski definition) is 2. The van der Waals surface area contributed by atoms with Gasteiger partial charge in [-0.3, -0.25) is 9.36 Å². The van der Waals surface area contributed by atoms with Gasteiger partial charge < -0.3 is 0 Å². The Morgan fingerprint density at radius 2 is 1.68 bits per heavy atom. The number of hydrogen-bond donors (Lipinski definition) is 0. The molecule has 0 aliphatic carbocycles. The molecule has 0 aliphatic heterocycles. The van der Waals surface area contributed by atoms with Gasteiger partial charge in [0.1, 0.15) is 5.82 Å². The average Bonchev–Trinajstić information content (AvgIpc) is 2.48. The zero-order valence-corrected chi connectivity index (χ0v) is 13.5.